The largest absolute Gasteiger partial charge is 0.444 e. The third-order valence-corrected chi connectivity index (χ3v) is 3.65. The van der Waals surface area contributed by atoms with Crippen LogP contribution in [0, 0.1) is 0 Å². The Bertz CT molecular complexity index is 365. The number of alkyl halides is 1. The van der Waals surface area contributed by atoms with Gasteiger partial charge in [0, 0.05) is 19.0 Å². The summed E-state index contributed by atoms with van der Waals surface area (Å²) in [6, 6.07) is 0. The van der Waals surface area contributed by atoms with Crippen LogP contribution in [-0.4, -0.2) is 44.8 Å². The predicted octanol–water partition coefficient (Wildman–Crippen LogP) is 1.45. The number of hydrogen-bond acceptors (Lipinski definition) is 4. The molecule has 8 heteroatoms. The van der Waals surface area contributed by atoms with Crippen molar-refractivity contribution in [2.24, 2.45) is 0 Å². The SMILES string of the molecule is CC(C)(C)OC(=O)NCCNS(=O)(=O)CCCCCl. The molecule has 114 valence electrons. The monoisotopic (exact) mass is 314 g/mol. The first kappa shape index (κ1) is 18.5. The molecule has 1 amide bonds. The number of hydrogen-bond donors (Lipinski definition) is 2. The second-order valence-electron chi connectivity index (χ2n) is 5.04. The molecule has 0 fully saturated rings. The van der Waals surface area contributed by atoms with Crippen LogP contribution in [0.1, 0.15) is 33.6 Å². The lowest BCUT2D eigenvalue weighted by atomic mass is 10.2. The number of nitrogens with one attached hydrogen (secondary N) is 2. The van der Waals surface area contributed by atoms with Crippen molar-refractivity contribution in [2.75, 3.05) is 24.7 Å². The zero-order valence-electron chi connectivity index (χ0n) is 11.7. The summed E-state index contributed by atoms with van der Waals surface area (Å²) < 4.78 is 30.4. The minimum Gasteiger partial charge on any atom is -0.444 e. The number of halogens is 1. The first-order chi connectivity index (χ1) is 8.66. The molecule has 0 radical (unpaired) electrons. The van der Waals surface area contributed by atoms with Gasteiger partial charge in [-0.25, -0.2) is 17.9 Å². The highest BCUT2D eigenvalue weighted by Crippen LogP contribution is 2.06. The van der Waals surface area contributed by atoms with E-state index in [0.717, 1.165) is 0 Å². The zero-order valence-corrected chi connectivity index (χ0v) is 13.2. The molecule has 6 nitrogen and oxygen atoms in total. The van der Waals surface area contributed by atoms with Crippen LogP contribution in [0.15, 0.2) is 0 Å². The molecule has 0 aromatic rings. The molecule has 0 unspecified atom stereocenters. The third kappa shape index (κ3) is 12.3. The van der Waals surface area contributed by atoms with E-state index in [1.54, 1.807) is 20.8 Å². The first-order valence-electron chi connectivity index (χ1n) is 6.16. The van der Waals surface area contributed by atoms with E-state index in [-0.39, 0.29) is 18.8 Å². The summed E-state index contributed by atoms with van der Waals surface area (Å²) in [4.78, 5) is 11.3. The van der Waals surface area contributed by atoms with Crippen LogP contribution in [0.5, 0.6) is 0 Å². The molecule has 0 saturated heterocycles. The van der Waals surface area contributed by atoms with E-state index in [4.69, 9.17) is 16.3 Å². The maximum Gasteiger partial charge on any atom is 0.407 e. The molecule has 0 heterocycles. The van der Waals surface area contributed by atoms with Crippen molar-refractivity contribution in [1.82, 2.24) is 10.0 Å². The van der Waals surface area contributed by atoms with Crippen LogP contribution in [0.4, 0.5) is 4.79 Å². The molecule has 2 N–H and O–H groups in total. The van der Waals surface area contributed by atoms with Gasteiger partial charge < -0.3 is 10.1 Å². The summed E-state index contributed by atoms with van der Waals surface area (Å²) in [6.45, 7) is 5.59. The molecule has 0 aliphatic rings. The van der Waals surface area contributed by atoms with E-state index in [1.165, 1.54) is 0 Å². The minimum atomic E-state index is -3.29. The smallest absolute Gasteiger partial charge is 0.407 e. The number of ether oxygens (including phenoxy) is 1. The number of carbonyl (C=O) groups is 1. The number of sulfonamides is 1. The second-order valence-corrected chi connectivity index (χ2v) is 7.34. The van der Waals surface area contributed by atoms with Crippen LogP contribution in [0.3, 0.4) is 0 Å². The summed E-state index contributed by atoms with van der Waals surface area (Å²) in [7, 11) is -3.29. The quantitative estimate of drug-likeness (QED) is 0.524. The first-order valence-corrected chi connectivity index (χ1v) is 8.35. The maximum absolute atomic E-state index is 11.5. The molecule has 0 bridgehead atoms. The summed E-state index contributed by atoms with van der Waals surface area (Å²) in [5, 5.41) is 2.47. The van der Waals surface area contributed by atoms with Crippen molar-refractivity contribution in [3.8, 4) is 0 Å². The van der Waals surface area contributed by atoms with Crippen LogP contribution >= 0.6 is 11.6 Å². The fourth-order valence-corrected chi connectivity index (χ4v) is 2.47. The van der Waals surface area contributed by atoms with Crippen LogP contribution in [-0.2, 0) is 14.8 Å². The van der Waals surface area contributed by atoms with E-state index in [0.29, 0.717) is 18.7 Å². The van der Waals surface area contributed by atoms with E-state index in [2.05, 4.69) is 10.0 Å². The molecule has 0 aliphatic heterocycles. The lowest BCUT2D eigenvalue weighted by molar-refractivity contribution is 0.0529. The predicted molar refractivity (Wildman–Crippen MR) is 76.0 cm³/mol. The summed E-state index contributed by atoms with van der Waals surface area (Å²) in [5.41, 5.74) is -0.564. The van der Waals surface area contributed by atoms with Gasteiger partial charge in [0.05, 0.1) is 5.75 Å². The lowest BCUT2D eigenvalue weighted by Gasteiger charge is -2.19. The van der Waals surface area contributed by atoms with Gasteiger partial charge in [-0.15, -0.1) is 11.6 Å². The van der Waals surface area contributed by atoms with Crippen molar-refractivity contribution in [1.29, 1.82) is 0 Å². The topological polar surface area (TPSA) is 84.5 Å². The van der Waals surface area contributed by atoms with Crippen molar-refractivity contribution in [3.05, 3.63) is 0 Å². The Hall–Kier alpha value is -0.530. The van der Waals surface area contributed by atoms with Gasteiger partial charge >= 0.3 is 6.09 Å². The standard InChI is InChI=1S/C11H23ClN2O4S/c1-11(2,3)18-10(15)13-7-8-14-19(16,17)9-5-4-6-12/h14H,4-9H2,1-3H3,(H,13,15). The Labute approximate surface area is 120 Å². The van der Waals surface area contributed by atoms with Gasteiger partial charge in [-0.2, -0.15) is 0 Å². The molecular weight excluding hydrogens is 292 g/mol. The average Bonchev–Trinajstić information content (AvgIpc) is 2.22. The Morgan fingerprint density at radius 2 is 1.84 bits per heavy atom. The number of rotatable bonds is 8. The highest BCUT2D eigenvalue weighted by Gasteiger charge is 2.15. The van der Waals surface area contributed by atoms with E-state index >= 15 is 0 Å². The fourth-order valence-electron chi connectivity index (χ4n) is 1.14. The summed E-state index contributed by atoms with van der Waals surface area (Å²) in [5.74, 6) is 0.502. The number of amides is 1. The van der Waals surface area contributed by atoms with E-state index in [1.807, 2.05) is 0 Å². The van der Waals surface area contributed by atoms with Gasteiger partial charge in [-0.1, -0.05) is 0 Å². The Kier molecular flexibility index (Phi) is 8.36. The van der Waals surface area contributed by atoms with Crippen molar-refractivity contribution >= 4 is 27.7 Å². The lowest BCUT2D eigenvalue weighted by Crippen LogP contribution is -2.38. The number of alkyl carbamates (subject to hydrolysis) is 1. The average molecular weight is 315 g/mol. The molecule has 19 heavy (non-hydrogen) atoms. The summed E-state index contributed by atoms with van der Waals surface area (Å²) in [6.07, 6.45) is 0.630. The molecule has 0 aromatic heterocycles. The molecule has 0 atom stereocenters. The Morgan fingerprint density at radius 3 is 2.37 bits per heavy atom. The van der Waals surface area contributed by atoms with E-state index in [9.17, 15) is 13.2 Å². The normalized spacial score (nSPS) is 12.2. The molecule has 0 saturated carbocycles. The second kappa shape index (κ2) is 8.60. The van der Waals surface area contributed by atoms with Crippen LogP contribution < -0.4 is 10.0 Å². The molecule has 0 spiro atoms. The fraction of sp³-hybridized carbons (Fsp3) is 0.909. The molecule has 0 aliphatic carbocycles. The molecule has 0 aromatic carbocycles. The van der Waals surface area contributed by atoms with Crippen molar-refractivity contribution in [2.45, 2.75) is 39.2 Å². The van der Waals surface area contributed by atoms with E-state index < -0.39 is 21.7 Å². The Morgan fingerprint density at radius 1 is 1.21 bits per heavy atom. The maximum atomic E-state index is 11.5. The zero-order chi connectivity index (χ0) is 14.9. The Balaban J connectivity index is 3.76. The van der Waals surface area contributed by atoms with Gasteiger partial charge in [0.2, 0.25) is 10.0 Å². The van der Waals surface area contributed by atoms with Crippen LogP contribution in [0.25, 0.3) is 0 Å². The highest BCUT2D eigenvalue weighted by atomic mass is 35.5. The van der Waals surface area contributed by atoms with Gasteiger partial charge in [0.1, 0.15) is 5.60 Å². The van der Waals surface area contributed by atoms with Crippen molar-refractivity contribution < 1.29 is 17.9 Å². The number of carbonyl (C=O) groups excluding carboxylic acids is 1. The molecule has 0 rings (SSSR count). The van der Waals surface area contributed by atoms with Gasteiger partial charge in [0.15, 0.2) is 0 Å². The van der Waals surface area contributed by atoms with Gasteiger partial charge in [-0.05, 0) is 33.6 Å². The third-order valence-electron chi connectivity index (χ3n) is 1.91. The highest BCUT2D eigenvalue weighted by molar-refractivity contribution is 7.89. The minimum absolute atomic E-state index is 0.0478. The van der Waals surface area contributed by atoms with Crippen LogP contribution in [0.2, 0.25) is 0 Å². The number of unbranched alkanes of at least 4 members (excludes halogenated alkanes) is 1. The van der Waals surface area contributed by atoms with Gasteiger partial charge in [-0.3, -0.25) is 0 Å². The van der Waals surface area contributed by atoms with Gasteiger partial charge in [0.25, 0.3) is 0 Å². The van der Waals surface area contributed by atoms with Crippen molar-refractivity contribution in [3.63, 3.8) is 0 Å². The summed E-state index contributed by atoms with van der Waals surface area (Å²) >= 11 is 5.47. The molecular formula is C11H23ClN2O4S.